The van der Waals surface area contributed by atoms with Crippen molar-refractivity contribution in [2.24, 2.45) is 23.3 Å². The lowest BCUT2D eigenvalue weighted by Gasteiger charge is -2.37. The van der Waals surface area contributed by atoms with E-state index in [1.165, 1.54) is 24.3 Å². The second-order valence-corrected chi connectivity index (χ2v) is 8.17. The number of carbonyl (C=O) groups excluding carboxylic acids is 1. The van der Waals surface area contributed by atoms with Gasteiger partial charge in [-0.2, -0.15) is 0 Å². The van der Waals surface area contributed by atoms with Crippen molar-refractivity contribution < 1.29 is 9.18 Å². The Kier molecular flexibility index (Phi) is 4.60. The van der Waals surface area contributed by atoms with Crippen LogP contribution in [0.15, 0.2) is 42.5 Å². The molecule has 0 amide bonds. The van der Waals surface area contributed by atoms with E-state index in [4.69, 9.17) is 11.5 Å². The monoisotopic (exact) mass is 379 g/mol. The van der Waals surface area contributed by atoms with Crippen molar-refractivity contribution in [2.45, 2.75) is 38.8 Å². The van der Waals surface area contributed by atoms with Crippen LogP contribution in [-0.2, 0) is 12.1 Å². The number of nitrogens with two attached hydrogens (primary N) is 2. The second kappa shape index (κ2) is 6.83. The van der Waals surface area contributed by atoms with Gasteiger partial charge in [-0.25, -0.2) is 4.39 Å². The minimum Gasteiger partial charge on any atom is -0.356 e. The standard InChI is InChI=1S/C23H26FN3O/c1-3-13(2)16-11-19-18-10-15(21(28)14-4-7-17(24)8-5-14)6-9-20(18)27-22(19)23(25,26)12-16/h4-10,13,16,27H,3,11-12,25-26H2,1-2H3. The van der Waals surface area contributed by atoms with Crippen molar-refractivity contribution >= 4 is 16.7 Å². The number of halogens is 1. The molecule has 2 unspecified atom stereocenters. The molecule has 4 nitrogen and oxygen atoms in total. The molecule has 1 aliphatic carbocycles. The maximum Gasteiger partial charge on any atom is 0.193 e. The van der Waals surface area contributed by atoms with Crippen LogP contribution in [0.3, 0.4) is 0 Å². The maximum atomic E-state index is 13.2. The lowest BCUT2D eigenvalue weighted by Crippen LogP contribution is -2.51. The Morgan fingerprint density at radius 2 is 1.89 bits per heavy atom. The predicted octanol–water partition coefficient (Wildman–Crippen LogP) is 4.22. The van der Waals surface area contributed by atoms with Crippen LogP contribution in [0.1, 0.15) is 53.9 Å². The van der Waals surface area contributed by atoms with Gasteiger partial charge in [-0.1, -0.05) is 20.3 Å². The van der Waals surface area contributed by atoms with E-state index in [0.717, 1.165) is 41.4 Å². The van der Waals surface area contributed by atoms with Gasteiger partial charge in [0.1, 0.15) is 11.5 Å². The van der Waals surface area contributed by atoms with E-state index in [2.05, 4.69) is 18.8 Å². The average molecular weight is 379 g/mol. The topological polar surface area (TPSA) is 84.9 Å². The third kappa shape index (κ3) is 3.15. The first-order valence-corrected chi connectivity index (χ1v) is 9.83. The molecule has 1 heterocycles. The normalized spacial score (nSPS) is 19.4. The molecule has 3 aromatic rings. The molecule has 146 valence electrons. The minimum atomic E-state index is -0.901. The van der Waals surface area contributed by atoms with Crippen LogP contribution in [0.2, 0.25) is 0 Å². The van der Waals surface area contributed by atoms with Gasteiger partial charge in [-0.15, -0.1) is 0 Å². The van der Waals surface area contributed by atoms with Crippen LogP contribution in [0.4, 0.5) is 4.39 Å². The van der Waals surface area contributed by atoms with Crippen molar-refractivity contribution in [3.8, 4) is 0 Å². The molecule has 0 fully saturated rings. The van der Waals surface area contributed by atoms with E-state index < -0.39 is 5.66 Å². The highest BCUT2D eigenvalue weighted by Crippen LogP contribution is 2.40. The van der Waals surface area contributed by atoms with Crippen molar-refractivity contribution in [3.05, 3.63) is 70.7 Å². The van der Waals surface area contributed by atoms with Crippen LogP contribution in [-0.4, -0.2) is 10.8 Å². The lowest BCUT2D eigenvalue weighted by atomic mass is 9.74. The number of hydrogen-bond donors (Lipinski definition) is 3. The van der Waals surface area contributed by atoms with E-state index in [1.54, 1.807) is 6.07 Å². The van der Waals surface area contributed by atoms with Crippen LogP contribution < -0.4 is 11.5 Å². The first-order valence-electron chi connectivity index (χ1n) is 9.83. The van der Waals surface area contributed by atoms with E-state index in [1.807, 2.05) is 12.1 Å². The van der Waals surface area contributed by atoms with E-state index in [0.29, 0.717) is 23.0 Å². The molecule has 5 heteroatoms. The molecule has 0 saturated heterocycles. The second-order valence-electron chi connectivity index (χ2n) is 8.17. The Bertz CT molecular complexity index is 1040. The Hall–Kier alpha value is -2.50. The molecule has 2 atom stereocenters. The number of benzene rings is 2. The maximum absolute atomic E-state index is 13.2. The third-order valence-electron chi connectivity index (χ3n) is 6.26. The van der Waals surface area contributed by atoms with Crippen molar-refractivity contribution in [1.29, 1.82) is 0 Å². The summed E-state index contributed by atoms with van der Waals surface area (Å²) in [5.41, 5.74) is 16.0. The van der Waals surface area contributed by atoms with E-state index in [-0.39, 0.29) is 11.6 Å². The molecule has 0 aliphatic heterocycles. The van der Waals surface area contributed by atoms with E-state index >= 15 is 0 Å². The fourth-order valence-corrected chi connectivity index (χ4v) is 4.37. The van der Waals surface area contributed by atoms with Gasteiger partial charge in [0.25, 0.3) is 0 Å². The highest BCUT2D eigenvalue weighted by Gasteiger charge is 2.38. The zero-order valence-corrected chi connectivity index (χ0v) is 16.3. The number of fused-ring (bicyclic) bond motifs is 3. The summed E-state index contributed by atoms with van der Waals surface area (Å²) in [5, 5.41) is 0.997. The Morgan fingerprint density at radius 1 is 1.21 bits per heavy atom. The quantitative estimate of drug-likeness (QED) is 0.469. The summed E-state index contributed by atoms with van der Waals surface area (Å²) in [7, 11) is 0. The zero-order chi connectivity index (χ0) is 20.1. The molecular formula is C23H26FN3O. The molecule has 0 spiro atoms. The van der Waals surface area contributed by atoms with Crippen LogP contribution in [0.25, 0.3) is 10.9 Å². The SMILES string of the molecule is CCC(C)C1Cc2c([nH]c3ccc(C(=O)c4ccc(F)cc4)cc23)C(N)(N)C1. The highest BCUT2D eigenvalue weighted by molar-refractivity contribution is 6.10. The molecule has 0 radical (unpaired) electrons. The van der Waals surface area contributed by atoms with Gasteiger partial charge in [0.05, 0.1) is 5.69 Å². The number of hydrogen-bond acceptors (Lipinski definition) is 3. The van der Waals surface area contributed by atoms with Crippen molar-refractivity contribution in [3.63, 3.8) is 0 Å². The number of H-pyrrole nitrogens is 1. The fraction of sp³-hybridized carbons (Fsp3) is 0.348. The number of nitrogens with one attached hydrogen (secondary N) is 1. The van der Waals surface area contributed by atoms with Gasteiger partial charge in [-0.05, 0) is 72.7 Å². The lowest BCUT2D eigenvalue weighted by molar-refractivity contribution is 0.103. The number of aromatic nitrogens is 1. The fourth-order valence-electron chi connectivity index (χ4n) is 4.37. The average Bonchev–Trinajstić information content (AvgIpc) is 3.06. The van der Waals surface area contributed by atoms with Crippen LogP contribution in [0, 0.1) is 17.7 Å². The Balaban J connectivity index is 1.78. The summed E-state index contributed by atoms with van der Waals surface area (Å²) in [6.07, 6.45) is 2.71. The van der Waals surface area contributed by atoms with Crippen molar-refractivity contribution in [2.75, 3.05) is 0 Å². The van der Waals surface area contributed by atoms with Gasteiger partial charge >= 0.3 is 0 Å². The smallest absolute Gasteiger partial charge is 0.193 e. The van der Waals surface area contributed by atoms with Crippen LogP contribution in [0.5, 0.6) is 0 Å². The predicted molar refractivity (Wildman–Crippen MR) is 109 cm³/mol. The van der Waals surface area contributed by atoms with Gasteiger partial charge < -0.3 is 16.5 Å². The molecule has 5 N–H and O–H groups in total. The summed E-state index contributed by atoms with van der Waals surface area (Å²) in [6, 6.07) is 11.2. The number of ketones is 1. The first kappa shape index (κ1) is 18.8. The first-order chi connectivity index (χ1) is 13.3. The minimum absolute atomic E-state index is 0.127. The number of carbonyl (C=O) groups is 1. The number of rotatable bonds is 4. The molecule has 0 saturated carbocycles. The molecule has 1 aliphatic rings. The summed E-state index contributed by atoms with van der Waals surface area (Å²) in [4.78, 5) is 16.2. The van der Waals surface area contributed by atoms with Gasteiger partial charge in [-0.3, -0.25) is 4.79 Å². The van der Waals surface area contributed by atoms with Crippen molar-refractivity contribution in [1.82, 2.24) is 4.98 Å². The van der Waals surface area contributed by atoms with Gasteiger partial charge in [0, 0.05) is 22.0 Å². The summed E-state index contributed by atoms with van der Waals surface area (Å²) in [6.45, 7) is 4.42. The molecular weight excluding hydrogens is 353 g/mol. The van der Waals surface area contributed by atoms with Crippen LogP contribution >= 0.6 is 0 Å². The molecule has 4 rings (SSSR count). The molecule has 0 bridgehead atoms. The molecule has 28 heavy (non-hydrogen) atoms. The Labute approximate surface area is 164 Å². The summed E-state index contributed by atoms with van der Waals surface area (Å²) in [5.74, 6) is 0.444. The summed E-state index contributed by atoms with van der Waals surface area (Å²) >= 11 is 0. The van der Waals surface area contributed by atoms with Gasteiger partial charge in [0.2, 0.25) is 0 Å². The Morgan fingerprint density at radius 3 is 2.57 bits per heavy atom. The highest BCUT2D eigenvalue weighted by atomic mass is 19.1. The molecule has 2 aromatic carbocycles. The van der Waals surface area contributed by atoms with E-state index in [9.17, 15) is 9.18 Å². The zero-order valence-electron chi connectivity index (χ0n) is 16.3. The largest absolute Gasteiger partial charge is 0.356 e. The van der Waals surface area contributed by atoms with Gasteiger partial charge in [0.15, 0.2) is 5.78 Å². The summed E-state index contributed by atoms with van der Waals surface area (Å²) < 4.78 is 13.2. The molecule has 1 aromatic heterocycles. The third-order valence-corrected chi connectivity index (χ3v) is 6.26. The number of aromatic amines is 1.